The lowest BCUT2D eigenvalue weighted by atomic mass is 9.90. The Labute approximate surface area is 191 Å². The Kier molecular flexibility index (Phi) is 5.78. The largest absolute Gasteiger partial charge is 0.487 e. The van der Waals surface area contributed by atoms with Crippen LogP contribution in [-0.2, 0) is 10.0 Å². The van der Waals surface area contributed by atoms with Gasteiger partial charge in [-0.25, -0.2) is 13.1 Å². The van der Waals surface area contributed by atoms with Gasteiger partial charge in [0.2, 0.25) is 9.47 Å². The summed E-state index contributed by atoms with van der Waals surface area (Å²) < 4.78 is 34.6. The van der Waals surface area contributed by atoms with Crippen LogP contribution in [-0.4, -0.2) is 30.1 Å². The maximum Gasteiger partial charge on any atom is 0.270 e. The number of nitrogens with zero attached hydrogens (tertiary/aromatic N) is 2. The second-order valence-corrected chi connectivity index (χ2v) is 11.3. The van der Waals surface area contributed by atoms with Crippen molar-refractivity contribution < 1.29 is 17.9 Å². The van der Waals surface area contributed by atoms with E-state index in [-0.39, 0.29) is 15.4 Å². The smallest absolute Gasteiger partial charge is 0.270 e. The quantitative estimate of drug-likeness (QED) is 0.544. The van der Waals surface area contributed by atoms with Gasteiger partial charge in [-0.15, -0.1) is 10.2 Å². The van der Waals surface area contributed by atoms with Gasteiger partial charge in [0, 0.05) is 17.5 Å². The third-order valence-corrected chi connectivity index (χ3v) is 7.77. The van der Waals surface area contributed by atoms with Gasteiger partial charge in [0.15, 0.2) is 0 Å². The molecule has 3 aromatic rings. The molecule has 2 aromatic carbocycles. The molecular formula is C22H24N4O4S2. The van der Waals surface area contributed by atoms with Gasteiger partial charge >= 0.3 is 0 Å². The van der Waals surface area contributed by atoms with Crippen LogP contribution in [0.5, 0.6) is 5.75 Å². The molecule has 1 amide bonds. The number of aromatic nitrogens is 2. The van der Waals surface area contributed by atoms with E-state index in [1.54, 1.807) is 12.1 Å². The molecule has 1 aliphatic heterocycles. The number of rotatable bonds is 5. The molecule has 0 radical (unpaired) electrons. The van der Waals surface area contributed by atoms with Gasteiger partial charge in [0.25, 0.3) is 15.9 Å². The molecule has 10 heteroatoms. The van der Waals surface area contributed by atoms with Crippen LogP contribution in [0, 0.1) is 13.8 Å². The molecule has 0 saturated heterocycles. The molecule has 0 bridgehead atoms. The van der Waals surface area contributed by atoms with Gasteiger partial charge in [0.05, 0.1) is 6.04 Å². The van der Waals surface area contributed by atoms with Crippen LogP contribution >= 0.6 is 11.3 Å². The summed E-state index contributed by atoms with van der Waals surface area (Å²) >= 11 is 0.802. The average molecular weight is 473 g/mol. The molecule has 2 N–H and O–H groups in total. The molecule has 32 heavy (non-hydrogen) atoms. The molecule has 0 saturated carbocycles. The van der Waals surface area contributed by atoms with Crippen molar-refractivity contribution in [2.45, 2.75) is 50.1 Å². The molecule has 2 heterocycles. The molecule has 168 valence electrons. The molecule has 1 atom stereocenters. The lowest BCUT2D eigenvalue weighted by molar-refractivity contribution is 0.0701. The van der Waals surface area contributed by atoms with Gasteiger partial charge in [-0.3, -0.25) is 10.1 Å². The zero-order valence-electron chi connectivity index (χ0n) is 18.2. The normalized spacial score (nSPS) is 17.3. The first-order valence-corrected chi connectivity index (χ1v) is 12.4. The highest BCUT2D eigenvalue weighted by Crippen LogP contribution is 2.40. The summed E-state index contributed by atoms with van der Waals surface area (Å²) in [5.41, 5.74) is 2.74. The minimum atomic E-state index is -3.96. The molecule has 4 rings (SSSR count). The summed E-state index contributed by atoms with van der Waals surface area (Å²) in [6.07, 6.45) is 0.456. The van der Waals surface area contributed by atoms with Crippen molar-refractivity contribution in [1.29, 1.82) is 0 Å². The molecule has 1 aliphatic rings. The van der Waals surface area contributed by atoms with Gasteiger partial charge in [0.1, 0.15) is 11.4 Å². The predicted molar refractivity (Wildman–Crippen MR) is 123 cm³/mol. The Hall–Kier alpha value is -2.82. The first kappa shape index (κ1) is 22.4. The Morgan fingerprint density at radius 2 is 1.78 bits per heavy atom. The number of hydrogen-bond acceptors (Lipinski definition) is 7. The Balaban J connectivity index is 1.53. The molecule has 1 aromatic heterocycles. The highest BCUT2D eigenvalue weighted by Gasteiger charge is 2.37. The van der Waals surface area contributed by atoms with Crippen LogP contribution in [0.3, 0.4) is 0 Å². The van der Waals surface area contributed by atoms with Crippen molar-refractivity contribution >= 4 is 32.4 Å². The monoisotopic (exact) mass is 472 g/mol. The Morgan fingerprint density at radius 1 is 1.09 bits per heavy atom. The number of fused-ring (bicyclic) bond motifs is 1. The predicted octanol–water partition coefficient (Wildman–Crippen LogP) is 3.99. The summed E-state index contributed by atoms with van der Waals surface area (Å²) in [4.78, 5) is 12.4. The van der Waals surface area contributed by atoms with Crippen LogP contribution in [0.2, 0.25) is 0 Å². The summed E-state index contributed by atoms with van der Waals surface area (Å²) in [5, 5.41) is 10.3. The fraction of sp³-hybridized carbons (Fsp3) is 0.318. The van der Waals surface area contributed by atoms with E-state index in [4.69, 9.17) is 4.74 Å². The van der Waals surface area contributed by atoms with Crippen molar-refractivity contribution in [1.82, 2.24) is 14.9 Å². The number of ether oxygens (including phenoxy) is 1. The van der Waals surface area contributed by atoms with Crippen molar-refractivity contribution in [2.24, 2.45) is 0 Å². The summed E-state index contributed by atoms with van der Waals surface area (Å²) in [5.74, 6) is 0.283. The Bertz CT molecular complexity index is 1270. The lowest BCUT2D eigenvalue weighted by Crippen LogP contribution is -2.41. The van der Waals surface area contributed by atoms with Crippen LogP contribution in [0.1, 0.15) is 53.4 Å². The number of nitrogens with one attached hydrogen (secondary N) is 2. The van der Waals surface area contributed by atoms with Crippen LogP contribution in [0.25, 0.3) is 0 Å². The minimum absolute atomic E-state index is 0.110. The molecule has 0 spiro atoms. The average Bonchev–Trinajstić information content (AvgIpc) is 3.16. The standard InChI is InChI=1S/C22H24N4O4S2/c1-13-5-8-15(9-6-13)19(27)23-20-24-25-21(31-20)32(28,29)26-17-12-22(3,4)30-18-11-14(2)7-10-16(17)18/h5-11,17,26H,12H2,1-4H3,(H,23,24,27)/t17-/m0/s1. The summed E-state index contributed by atoms with van der Waals surface area (Å²) in [6.45, 7) is 7.72. The van der Waals surface area contributed by atoms with E-state index in [9.17, 15) is 13.2 Å². The van der Waals surface area contributed by atoms with Crippen LogP contribution in [0.15, 0.2) is 46.8 Å². The zero-order chi connectivity index (χ0) is 23.1. The van der Waals surface area contributed by atoms with Gasteiger partial charge in [-0.1, -0.05) is 41.2 Å². The van der Waals surface area contributed by atoms with E-state index in [0.717, 1.165) is 28.0 Å². The van der Waals surface area contributed by atoms with E-state index < -0.39 is 21.7 Å². The van der Waals surface area contributed by atoms with E-state index in [1.165, 1.54) is 0 Å². The molecule has 0 unspecified atom stereocenters. The molecule has 0 aliphatic carbocycles. The molecule has 8 nitrogen and oxygen atoms in total. The van der Waals surface area contributed by atoms with Gasteiger partial charge in [-0.2, -0.15) is 0 Å². The fourth-order valence-electron chi connectivity index (χ4n) is 3.54. The summed E-state index contributed by atoms with van der Waals surface area (Å²) in [7, 11) is -3.96. The SMILES string of the molecule is Cc1ccc(C(=O)Nc2nnc(S(=O)(=O)N[C@H]3CC(C)(C)Oc4cc(C)ccc43)s2)cc1. The van der Waals surface area contributed by atoms with Crippen molar-refractivity contribution in [3.63, 3.8) is 0 Å². The zero-order valence-corrected chi connectivity index (χ0v) is 19.8. The van der Waals surface area contributed by atoms with Crippen molar-refractivity contribution in [2.75, 3.05) is 5.32 Å². The topological polar surface area (TPSA) is 110 Å². The second-order valence-electron chi connectivity index (χ2n) is 8.47. The highest BCUT2D eigenvalue weighted by atomic mass is 32.2. The highest BCUT2D eigenvalue weighted by molar-refractivity contribution is 7.91. The van der Waals surface area contributed by atoms with Gasteiger partial charge < -0.3 is 4.74 Å². The first-order valence-electron chi connectivity index (χ1n) is 10.1. The minimum Gasteiger partial charge on any atom is -0.487 e. The molecule has 0 fully saturated rings. The Morgan fingerprint density at radius 3 is 2.50 bits per heavy atom. The second kappa shape index (κ2) is 8.27. The summed E-state index contributed by atoms with van der Waals surface area (Å²) in [6, 6.07) is 12.3. The van der Waals surface area contributed by atoms with Crippen molar-refractivity contribution in [3.8, 4) is 5.75 Å². The van der Waals surface area contributed by atoms with E-state index in [2.05, 4.69) is 20.2 Å². The third-order valence-electron chi connectivity index (χ3n) is 5.09. The number of amides is 1. The van der Waals surface area contributed by atoms with E-state index in [1.807, 2.05) is 58.0 Å². The van der Waals surface area contributed by atoms with Gasteiger partial charge in [-0.05, 0) is 51.5 Å². The number of hydrogen-bond donors (Lipinski definition) is 2. The third kappa shape index (κ3) is 4.82. The first-order chi connectivity index (χ1) is 15.0. The van der Waals surface area contributed by atoms with E-state index in [0.29, 0.717) is 17.7 Å². The van der Waals surface area contributed by atoms with Crippen LogP contribution in [0.4, 0.5) is 5.13 Å². The van der Waals surface area contributed by atoms with E-state index >= 15 is 0 Å². The number of carbonyl (C=O) groups excluding carboxylic acids is 1. The maximum absolute atomic E-state index is 13.0. The van der Waals surface area contributed by atoms with Crippen LogP contribution < -0.4 is 14.8 Å². The number of anilines is 1. The van der Waals surface area contributed by atoms with Crippen molar-refractivity contribution in [3.05, 3.63) is 64.7 Å². The fourth-order valence-corrected chi connectivity index (χ4v) is 5.67. The number of aryl methyl sites for hydroxylation is 2. The number of benzene rings is 2. The number of carbonyl (C=O) groups is 1. The maximum atomic E-state index is 13.0. The molecular weight excluding hydrogens is 448 g/mol. The lowest BCUT2D eigenvalue weighted by Gasteiger charge is -2.37. The number of sulfonamides is 1.